The Kier molecular flexibility index (Phi) is 4.74. The van der Waals surface area contributed by atoms with Crippen molar-refractivity contribution < 1.29 is 0 Å². The molecule has 7 nitrogen and oxygen atoms in total. The number of aromatic amines is 1. The molecule has 0 aliphatic heterocycles. The van der Waals surface area contributed by atoms with Gasteiger partial charge in [0, 0.05) is 50.8 Å². The lowest BCUT2D eigenvalue weighted by atomic mass is 10.2. The summed E-state index contributed by atoms with van der Waals surface area (Å²) in [6.07, 6.45) is 5.88. The molecule has 0 atom stereocenters. The first-order valence-electron chi connectivity index (χ1n) is 6.93. The van der Waals surface area contributed by atoms with Crippen molar-refractivity contribution in [3.63, 3.8) is 0 Å². The molecule has 0 fully saturated rings. The second-order valence-electron chi connectivity index (χ2n) is 5.20. The molecule has 0 aliphatic carbocycles. The van der Waals surface area contributed by atoms with Crippen molar-refractivity contribution in [1.29, 1.82) is 0 Å². The molecule has 0 radical (unpaired) electrons. The number of aryl methyl sites for hydroxylation is 1. The molecular weight excluding hydrogens is 270 g/mol. The molecule has 0 amide bonds. The van der Waals surface area contributed by atoms with E-state index < -0.39 is 0 Å². The number of hydrogen-bond donors (Lipinski definition) is 1. The molecule has 0 unspecified atom stereocenters. The highest BCUT2D eigenvalue weighted by Crippen LogP contribution is 1.97. The fourth-order valence-electron chi connectivity index (χ4n) is 2.14. The van der Waals surface area contributed by atoms with Crippen LogP contribution < -0.4 is 11.2 Å². The fourth-order valence-corrected chi connectivity index (χ4v) is 2.14. The number of nitrogens with one attached hydrogen (secondary N) is 1. The topological polar surface area (TPSA) is 75.9 Å². The third kappa shape index (κ3) is 3.69. The summed E-state index contributed by atoms with van der Waals surface area (Å²) >= 11 is 0. The van der Waals surface area contributed by atoms with Gasteiger partial charge in [0.05, 0.1) is 0 Å². The van der Waals surface area contributed by atoms with Crippen molar-refractivity contribution >= 4 is 0 Å². The summed E-state index contributed by atoms with van der Waals surface area (Å²) in [6, 6.07) is 0. The first-order valence-corrected chi connectivity index (χ1v) is 6.93. The maximum Gasteiger partial charge on any atom is 0.328 e. The number of H-pyrrole nitrogens is 1. The highest BCUT2D eigenvalue weighted by atomic mass is 16.2. The van der Waals surface area contributed by atoms with Crippen molar-refractivity contribution in [1.82, 2.24) is 24.0 Å². The van der Waals surface area contributed by atoms with Crippen molar-refractivity contribution in [2.75, 3.05) is 20.1 Å². The number of likely N-dealkylation sites (N-methyl/N-ethyl adjacent to an activating group) is 1. The highest BCUT2D eigenvalue weighted by Gasteiger charge is 2.06. The first kappa shape index (κ1) is 15.2. The zero-order chi connectivity index (χ0) is 15.4. The summed E-state index contributed by atoms with van der Waals surface area (Å²) in [5.74, 6) is 0.998. The second kappa shape index (κ2) is 6.53. The molecule has 2 aromatic rings. The van der Waals surface area contributed by atoms with Gasteiger partial charge in [0.15, 0.2) is 0 Å². The van der Waals surface area contributed by atoms with E-state index in [1.807, 2.05) is 20.2 Å². The number of nitrogens with zero attached hydrogens (tertiary/aromatic N) is 4. The van der Waals surface area contributed by atoms with Gasteiger partial charge in [-0.05, 0) is 20.4 Å². The van der Waals surface area contributed by atoms with Gasteiger partial charge in [-0.25, -0.2) is 9.78 Å². The smallest absolute Gasteiger partial charge is 0.328 e. The third-order valence-electron chi connectivity index (χ3n) is 3.66. The Labute approximate surface area is 122 Å². The molecule has 0 spiro atoms. The first-order chi connectivity index (χ1) is 9.99. The van der Waals surface area contributed by atoms with Crippen LogP contribution in [0.1, 0.15) is 11.4 Å². The van der Waals surface area contributed by atoms with Crippen LogP contribution in [0.25, 0.3) is 0 Å². The minimum atomic E-state index is -0.382. The average Bonchev–Trinajstić information content (AvgIpc) is 2.87. The molecule has 1 N–H and O–H groups in total. The van der Waals surface area contributed by atoms with Gasteiger partial charge in [-0.3, -0.25) is 9.36 Å². The molecule has 2 aromatic heterocycles. The lowest BCUT2D eigenvalue weighted by Gasteiger charge is -2.17. The van der Waals surface area contributed by atoms with Crippen LogP contribution in [0, 0.1) is 6.92 Å². The molecular formula is C14H21N5O2. The van der Waals surface area contributed by atoms with E-state index in [-0.39, 0.29) is 11.2 Å². The maximum absolute atomic E-state index is 11.9. The van der Waals surface area contributed by atoms with E-state index in [0.717, 1.165) is 30.0 Å². The van der Waals surface area contributed by atoms with E-state index in [1.54, 1.807) is 6.20 Å². The molecule has 7 heteroatoms. The van der Waals surface area contributed by atoms with Gasteiger partial charge in [0.1, 0.15) is 5.82 Å². The summed E-state index contributed by atoms with van der Waals surface area (Å²) in [5.41, 5.74) is 0.0213. The average molecular weight is 291 g/mol. The van der Waals surface area contributed by atoms with Crippen LogP contribution in [0.15, 0.2) is 28.2 Å². The van der Waals surface area contributed by atoms with Gasteiger partial charge in [-0.15, -0.1) is 0 Å². The van der Waals surface area contributed by atoms with Crippen molar-refractivity contribution in [2.45, 2.75) is 19.9 Å². The van der Waals surface area contributed by atoms with Crippen LogP contribution in [0.4, 0.5) is 0 Å². The third-order valence-corrected chi connectivity index (χ3v) is 3.66. The van der Waals surface area contributed by atoms with Crippen LogP contribution in [-0.2, 0) is 20.0 Å². The lowest BCUT2D eigenvalue weighted by Crippen LogP contribution is -2.35. The zero-order valence-electron chi connectivity index (χ0n) is 12.7. The largest absolute Gasteiger partial charge is 0.334 e. The Morgan fingerprint density at radius 2 is 2.10 bits per heavy atom. The second-order valence-corrected chi connectivity index (χ2v) is 5.20. The van der Waals surface area contributed by atoms with E-state index in [2.05, 4.69) is 19.4 Å². The standard InChI is InChI=1S/C14H21N5O2/c1-11-15-5-7-19(11)9-8-17(2)6-4-12-10-16-14(21)18(3)13(12)20/h5,7,10H,4,6,8-9H2,1-3H3,(H,16,21). The molecule has 114 valence electrons. The minimum Gasteiger partial charge on any atom is -0.334 e. The SMILES string of the molecule is Cc1nccn1CCN(C)CCc1c[nH]c(=O)n(C)c1=O. The minimum absolute atomic E-state index is 0.224. The summed E-state index contributed by atoms with van der Waals surface area (Å²) < 4.78 is 3.19. The predicted molar refractivity (Wildman–Crippen MR) is 80.5 cm³/mol. The Hall–Kier alpha value is -2.15. The zero-order valence-corrected chi connectivity index (χ0v) is 12.7. The molecule has 21 heavy (non-hydrogen) atoms. The van der Waals surface area contributed by atoms with E-state index in [0.29, 0.717) is 12.0 Å². The van der Waals surface area contributed by atoms with Gasteiger partial charge in [-0.1, -0.05) is 0 Å². The highest BCUT2D eigenvalue weighted by molar-refractivity contribution is 5.04. The molecule has 2 heterocycles. The molecule has 0 saturated carbocycles. The molecule has 0 aliphatic rings. The van der Waals surface area contributed by atoms with Gasteiger partial charge in [0.25, 0.3) is 5.56 Å². The Morgan fingerprint density at radius 1 is 1.33 bits per heavy atom. The molecule has 2 rings (SSSR count). The molecule has 0 saturated heterocycles. The number of rotatable bonds is 6. The van der Waals surface area contributed by atoms with E-state index in [9.17, 15) is 9.59 Å². The summed E-state index contributed by atoms with van der Waals surface area (Å²) in [6.45, 7) is 4.48. The van der Waals surface area contributed by atoms with Crippen molar-refractivity contribution in [3.05, 3.63) is 50.8 Å². The van der Waals surface area contributed by atoms with Crippen LogP contribution in [0.3, 0.4) is 0 Å². The molecule has 0 bridgehead atoms. The van der Waals surface area contributed by atoms with Gasteiger partial charge >= 0.3 is 5.69 Å². The maximum atomic E-state index is 11.9. The van der Waals surface area contributed by atoms with Crippen molar-refractivity contribution in [3.8, 4) is 0 Å². The van der Waals surface area contributed by atoms with Crippen molar-refractivity contribution in [2.24, 2.45) is 7.05 Å². The van der Waals surface area contributed by atoms with Crippen LogP contribution in [0.5, 0.6) is 0 Å². The monoisotopic (exact) mass is 291 g/mol. The summed E-state index contributed by atoms with van der Waals surface area (Å²) in [7, 11) is 3.50. The summed E-state index contributed by atoms with van der Waals surface area (Å²) in [4.78, 5) is 32.1. The normalized spacial score (nSPS) is 11.2. The number of hydrogen-bond acceptors (Lipinski definition) is 4. The predicted octanol–water partition coefficient (Wildman–Crippen LogP) is -0.247. The Bertz CT molecular complexity index is 713. The lowest BCUT2D eigenvalue weighted by molar-refractivity contribution is 0.320. The van der Waals surface area contributed by atoms with Gasteiger partial charge in [0.2, 0.25) is 0 Å². The number of aromatic nitrogens is 4. The molecule has 0 aromatic carbocycles. The van der Waals surface area contributed by atoms with Gasteiger partial charge < -0.3 is 14.5 Å². The quantitative estimate of drug-likeness (QED) is 0.796. The Morgan fingerprint density at radius 3 is 2.76 bits per heavy atom. The fraction of sp³-hybridized carbons (Fsp3) is 0.500. The Balaban J connectivity index is 1.88. The van der Waals surface area contributed by atoms with Crippen LogP contribution >= 0.6 is 0 Å². The number of imidazole rings is 1. The van der Waals surface area contributed by atoms with Gasteiger partial charge in [-0.2, -0.15) is 0 Å². The van der Waals surface area contributed by atoms with Crippen LogP contribution in [0.2, 0.25) is 0 Å². The van der Waals surface area contributed by atoms with E-state index >= 15 is 0 Å². The van der Waals surface area contributed by atoms with Crippen LogP contribution in [-0.4, -0.2) is 44.1 Å². The van der Waals surface area contributed by atoms with E-state index in [4.69, 9.17) is 0 Å². The summed E-state index contributed by atoms with van der Waals surface area (Å²) in [5, 5.41) is 0. The van der Waals surface area contributed by atoms with E-state index in [1.165, 1.54) is 13.2 Å².